The molecule has 0 N–H and O–H groups in total. The van der Waals surface area contributed by atoms with Gasteiger partial charge in [0.1, 0.15) is 6.61 Å². The number of ether oxygens (including phenoxy) is 2. The second-order valence-electron chi connectivity index (χ2n) is 2.93. The molecule has 0 aromatic heterocycles. The van der Waals surface area contributed by atoms with E-state index in [0.29, 0.717) is 13.0 Å². The molecule has 0 radical (unpaired) electrons. The van der Waals surface area contributed by atoms with Crippen molar-refractivity contribution in [1.82, 2.24) is 0 Å². The lowest BCUT2D eigenvalue weighted by molar-refractivity contribution is -0.145. The summed E-state index contributed by atoms with van der Waals surface area (Å²) in [6, 6.07) is 0. The number of halogens is 3. The van der Waals surface area contributed by atoms with Crippen molar-refractivity contribution in [3.8, 4) is 0 Å². The second-order valence-corrected chi connectivity index (χ2v) is 5.45. The third-order valence-corrected chi connectivity index (χ3v) is 1.79. The summed E-state index contributed by atoms with van der Waals surface area (Å²) < 4.78 is 7.74. The van der Waals surface area contributed by atoms with Crippen LogP contribution in [0, 0.1) is 0 Å². The highest BCUT2D eigenvalue weighted by molar-refractivity contribution is 6.67. The predicted molar refractivity (Wildman–Crippen MR) is 61.7 cm³/mol. The zero-order valence-electron chi connectivity index (χ0n) is 8.80. The van der Waals surface area contributed by atoms with Gasteiger partial charge in [-0.05, 0) is 13.3 Å². The third kappa shape index (κ3) is 10.3. The fraction of sp³-hybridized carbons (Fsp3) is 0.778. The number of esters is 2. The summed E-state index contributed by atoms with van der Waals surface area (Å²) in [5.74, 6) is -0.840. The second kappa shape index (κ2) is 7.98. The Kier molecular flexibility index (Phi) is 7.89. The fourth-order valence-corrected chi connectivity index (χ4v) is 1.01. The maximum Gasteiger partial charge on any atom is 0.305 e. The number of hydrogen-bond donors (Lipinski definition) is 0. The fourth-order valence-electron chi connectivity index (χ4n) is 0.845. The Labute approximate surface area is 109 Å². The molecule has 0 atom stereocenters. The van der Waals surface area contributed by atoms with Gasteiger partial charge < -0.3 is 9.47 Å². The van der Waals surface area contributed by atoms with Crippen LogP contribution in [0.25, 0.3) is 0 Å². The van der Waals surface area contributed by atoms with Gasteiger partial charge in [-0.25, -0.2) is 0 Å². The Morgan fingerprint density at radius 1 is 1.06 bits per heavy atom. The normalized spacial score (nSPS) is 11.0. The summed E-state index contributed by atoms with van der Waals surface area (Å²) in [6.45, 7) is 1.75. The average molecular weight is 292 g/mol. The maximum atomic E-state index is 11.1. The molecule has 94 valence electrons. The van der Waals surface area contributed by atoms with E-state index in [2.05, 4.69) is 9.47 Å². The van der Waals surface area contributed by atoms with Crippen LogP contribution in [-0.4, -0.2) is 28.9 Å². The SMILES string of the molecule is CCOC(=O)CCCC(=O)OCC(Cl)(Cl)Cl. The van der Waals surface area contributed by atoms with E-state index in [1.54, 1.807) is 6.92 Å². The van der Waals surface area contributed by atoms with Gasteiger partial charge in [0, 0.05) is 12.8 Å². The number of rotatable bonds is 6. The lowest BCUT2D eigenvalue weighted by atomic mass is 10.2. The summed E-state index contributed by atoms with van der Waals surface area (Å²) >= 11 is 16.1. The highest BCUT2D eigenvalue weighted by Crippen LogP contribution is 2.26. The molecular weight excluding hydrogens is 278 g/mol. The number of carbonyl (C=O) groups excluding carboxylic acids is 2. The topological polar surface area (TPSA) is 52.6 Å². The molecule has 0 fully saturated rings. The van der Waals surface area contributed by atoms with Crippen LogP contribution < -0.4 is 0 Å². The number of hydrogen-bond acceptors (Lipinski definition) is 4. The summed E-state index contributed by atoms with van der Waals surface area (Å²) in [5.41, 5.74) is 0. The molecule has 0 aliphatic rings. The lowest BCUT2D eigenvalue weighted by Crippen LogP contribution is -2.17. The minimum atomic E-state index is -1.60. The monoisotopic (exact) mass is 290 g/mol. The Balaban J connectivity index is 3.55. The average Bonchev–Trinajstić information content (AvgIpc) is 2.14. The van der Waals surface area contributed by atoms with Crippen molar-refractivity contribution in [1.29, 1.82) is 0 Å². The van der Waals surface area contributed by atoms with Gasteiger partial charge in [0.05, 0.1) is 6.61 Å². The van der Waals surface area contributed by atoms with Crippen LogP contribution in [0.2, 0.25) is 0 Å². The van der Waals surface area contributed by atoms with Crippen molar-refractivity contribution < 1.29 is 19.1 Å². The lowest BCUT2D eigenvalue weighted by Gasteiger charge is -2.10. The Hall–Kier alpha value is -0.190. The molecular formula is C9H13Cl3O4. The Morgan fingerprint density at radius 3 is 2.00 bits per heavy atom. The van der Waals surface area contributed by atoms with Crippen molar-refractivity contribution in [2.45, 2.75) is 30.0 Å². The molecule has 0 bridgehead atoms. The smallest absolute Gasteiger partial charge is 0.305 e. The minimum absolute atomic E-state index is 0.0968. The van der Waals surface area contributed by atoms with E-state index in [-0.39, 0.29) is 25.4 Å². The Morgan fingerprint density at radius 2 is 1.56 bits per heavy atom. The van der Waals surface area contributed by atoms with Gasteiger partial charge in [-0.3, -0.25) is 9.59 Å². The first kappa shape index (κ1) is 15.8. The molecule has 0 aliphatic carbocycles. The molecule has 4 nitrogen and oxygen atoms in total. The molecule has 0 aromatic rings. The quantitative estimate of drug-likeness (QED) is 0.557. The van der Waals surface area contributed by atoms with Crippen LogP contribution in [0.4, 0.5) is 0 Å². The van der Waals surface area contributed by atoms with Crippen LogP contribution in [0.5, 0.6) is 0 Å². The summed E-state index contributed by atoms with van der Waals surface area (Å²) in [6.07, 6.45) is 0.633. The van der Waals surface area contributed by atoms with Crippen molar-refractivity contribution in [2.75, 3.05) is 13.2 Å². The third-order valence-electron chi connectivity index (χ3n) is 1.46. The molecule has 0 unspecified atom stereocenters. The predicted octanol–water partition coefficient (Wildman–Crippen LogP) is 2.63. The first-order valence-electron chi connectivity index (χ1n) is 4.73. The van der Waals surface area contributed by atoms with E-state index in [1.807, 2.05) is 0 Å². The summed E-state index contributed by atoms with van der Waals surface area (Å²) in [5, 5.41) is 0. The van der Waals surface area contributed by atoms with Gasteiger partial charge in [-0.1, -0.05) is 34.8 Å². The molecule has 0 rings (SSSR count). The Bertz CT molecular complexity index is 237. The first-order valence-corrected chi connectivity index (χ1v) is 5.86. The standard InChI is InChI=1S/C9H13Cl3O4/c1-2-15-7(13)4-3-5-8(14)16-6-9(10,11)12/h2-6H2,1H3. The highest BCUT2D eigenvalue weighted by Gasteiger charge is 2.21. The van der Waals surface area contributed by atoms with Crippen LogP contribution in [0.1, 0.15) is 26.2 Å². The molecule has 0 spiro atoms. The largest absolute Gasteiger partial charge is 0.466 e. The van der Waals surface area contributed by atoms with Gasteiger partial charge in [0.25, 0.3) is 0 Å². The van der Waals surface area contributed by atoms with Crippen molar-refractivity contribution in [3.63, 3.8) is 0 Å². The first-order chi connectivity index (χ1) is 7.35. The highest BCUT2D eigenvalue weighted by atomic mass is 35.6. The van der Waals surface area contributed by atoms with E-state index < -0.39 is 9.76 Å². The van der Waals surface area contributed by atoms with Gasteiger partial charge >= 0.3 is 11.9 Å². The molecule has 0 aliphatic heterocycles. The molecule has 0 aromatic carbocycles. The van der Waals surface area contributed by atoms with Crippen LogP contribution in [-0.2, 0) is 19.1 Å². The van der Waals surface area contributed by atoms with Crippen molar-refractivity contribution >= 4 is 46.7 Å². The van der Waals surface area contributed by atoms with E-state index in [4.69, 9.17) is 34.8 Å². The molecule has 16 heavy (non-hydrogen) atoms. The van der Waals surface area contributed by atoms with Gasteiger partial charge in [-0.15, -0.1) is 0 Å². The zero-order chi connectivity index (χ0) is 12.6. The van der Waals surface area contributed by atoms with Gasteiger partial charge in [0.2, 0.25) is 3.79 Å². The molecule has 0 saturated carbocycles. The number of carbonyl (C=O) groups is 2. The summed E-state index contributed by atoms with van der Waals surface area (Å²) in [7, 11) is 0. The van der Waals surface area contributed by atoms with E-state index in [0.717, 1.165) is 0 Å². The molecule has 0 saturated heterocycles. The van der Waals surface area contributed by atoms with Crippen LogP contribution >= 0.6 is 34.8 Å². The maximum absolute atomic E-state index is 11.1. The van der Waals surface area contributed by atoms with E-state index in [9.17, 15) is 9.59 Å². The summed E-state index contributed by atoms with van der Waals surface area (Å²) in [4.78, 5) is 22.0. The van der Waals surface area contributed by atoms with Gasteiger partial charge in [-0.2, -0.15) is 0 Å². The van der Waals surface area contributed by atoms with E-state index >= 15 is 0 Å². The van der Waals surface area contributed by atoms with Crippen molar-refractivity contribution in [3.05, 3.63) is 0 Å². The zero-order valence-corrected chi connectivity index (χ0v) is 11.1. The molecule has 0 heterocycles. The van der Waals surface area contributed by atoms with Crippen LogP contribution in [0.3, 0.4) is 0 Å². The van der Waals surface area contributed by atoms with Crippen LogP contribution in [0.15, 0.2) is 0 Å². The number of alkyl halides is 3. The minimum Gasteiger partial charge on any atom is -0.466 e. The van der Waals surface area contributed by atoms with Crippen molar-refractivity contribution in [2.24, 2.45) is 0 Å². The molecule has 7 heteroatoms. The van der Waals surface area contributed by atoms with Gasteiger partial charge in [0.15, 0.2) is 0 Å². The van der Waals surface area contributed by atoms with E-state index in [1.165, 1.54) is 0 Å². The molecule has 0 amide bonds.